The molecular formula is C10H18N2O3. The van der Waals surface area contributed by atoms with Gasteiger partial charge in [-0.15, -0.1) is 0 Å². The van der Waals surface area contributed by atoms with Crippen LogP contribution >= 0.6 is 0 Å². The second kappa shape index (κ2) is 6.53. The highest BCUT2D eigenvalue weighted by molar-refractivity contribution is 6.05. The van der Waals surface area contributed by atoms with E-state index in [9.17, 15) is 4.79 Å². The molecule has 1 aliphatic heterocycles. The van der Waals surface area contributed by atoms with Crippen molar-refractivity contribution in [1.82, 2.24) is 5.32 Å². The monoisotopic (exact) mass is 214 g/mol. The number of carbonyl (C=O) groups excluding carboxylic acids is 1. The standard InChI is InChI=1S/C10H18N2O3/c1-3-8-10(13)12-9(11-8)4-5-15-7-6-14-2/h8H,3-7H2,1-2H3,(H,11,12,13). The topological polar surface area (TPSA) is 59.9 Å². The lowest BCUT2D eigenvalue weighted by Gasteiger charge is -2.02. The third kappa shape index (κ3) is 3.97. The normalized spacial score (nSPS) is 20.3. The average Bonchev–Trinajstić information content (AvgIpc) is 2.59. The largest absolute Gasteiger partial charge is 0.382 e. The van der Waals surface area contributed by atoms with Gasteiger partial charge in [-0.1, -0.05) is 6.92 Å². The molecule has 1 amide bonds. The maximum atomic E-state index is 11.3. The molecule has 5 nitrogen and oxygen atoms in total. The first kappa shape index (κ1) is 12.1. The lowest BCUT2D eigenvalue weighted by molar-refractivity contribution is -0.120. The summed E-state index contributed by atoms with van der Waals surface area (Å²) in [4.78, 5) is 15.5. The van der Waals surface area contributed by atoms with Gasteiger partial charge < -0.3 is 14.8 Å². The Morgan fingerprint density at radius 1 is 1.40 bits per heavy atom. The van der Waals surface area contributed by atoms with Crippen molar-refractivity contribution in [2.24, 2.45) is 4.99 Å². The summed E-state index contributed by atoms with van der Waals surface area (Å²) < 4.78 is 10.1. The average molecular weight is 214 g/mol. The second-order valence-electron chi connectivity index (χ2n) is 3.34. The predicted octanol–water partition coefficient (Wildman–Crippen LogP) is 0.346. The first-order valence-electron chi connectivity index (χ1n) is 5.22. The van der Waals surface area contributed by atoms with Crippen molar-refractivity contribution in [1.29, 1.82) is 0 Å². The van der Waals surface area contributed by atoms with Crippen molar-refractivity contribution < 1.29 is 14.3 Å². The van der Waals surface area contributed by atoms with E-state index >= 15 is 0 Å². The Kier molecular flexibility index (Phi) is 5.28. The van der Waals surface area contributed by atoms with Crippen LogP contribution in [0.3, 0.4) is 0 Å². The SMILES string of the molecule is CCC1N=C(CCOCCOC)NC1=O. The molecule has 0 radical (unpaired) electrons. The van der Waals surface area contributed by atoms with Gasteiger partial charge in [0.25, 0.3) is 0 Å². The predicted molar refractivity (Wildman–Crippen MR) is 57.0 cm³/mol. The number of nitrogens with one attached hydrogen (secondary N) is 1. The number of hydrogen-bond acceptors (Lipinski definition) is 4. The molecule has 1 heterocycles. The van der Waals surface area contributed by atoms with Crippen LogP contribution in [-0.2, 0) is 14.3 Å². The van der Waals surface area contributed by atoms with E-state index in [0.717, 1.165) is 12.3 Å². The molecule has 0 fully saturated rings. The third-order valence-corrected chi connectivity index (χ3v) is 2.18. The highest BCUT2D eigenvalue weighted by atomic mass is 16.5. The molecule has 5 heteroatoms. The van der Waals surface area contributed by atoms with Crippen molar-refractivity contribution in [2.75, 3.05) is 26.9 Å². The minimum absolute atomic E-state index is 0.00407. The van der Waals surface area contributed by atoms with Crippen molar-refractivity contribution in [3.8, 4) is 0 Å². The van der Waals surface area contributed by atoms with E-state index in [0.29, 0.717) is 26.2 Å². The minimum Gasteiger partial charge on any atom is -0.382 e. The van der Waals surface area contributed by atoms with Gasteiger partial charge in [0.1, 0.15) is 11.9 Å². The van der Waals surface area contributed by atoms with E-state index in [1.165, 1.54) is 0 Å². The molecule has 15 heavy (non-hydrogen) atoms. The fourth-order valence-corrected chi connectivity index (χ4v) is 1.32. The first-order valence-corrected chi connectivity index (χ1v) is 5.22. The highest BCUT2D eigenvalue weighted by Gasteiger charge is 2.23. The molecule has 0 aromatic rings. The number of amides is 1. The zero-order valence-corrected chi connectivity index (χ0v) is 9.28. The van der Waals surface area contributed by atoms with Gasteiger partial charge in [-0.25, -0.2) is 0 Å². The van der Waals surface area contributed by atoms with E-state index in [1.54, 1.807) is 7.11 Å². The minimum atomic E-state index is -0.195. The van der Waals surface area contributed by atoms with Crippen molar-refractivity contribution in [3.05, 3.63) is 0 Å². The molecule has 0 saturated carbocycles. The van der Waals surface area contributed by atoms with Crippen LogP contribution in [0, 0.1) is 0 Å². The molecule has 0 spiro atoms. The fourth-order valence-electron chi connectivity index (χ4n) is 1.32. The van der Waals surface area contributed by atoms with Gasteiger partial charge in [-0.2, -0.15) is 0 Å². The Bertz CT molecular complexity index is 241. The van der Waals surface area contributed by atoms with Crippen molar-refractivity contribution >= 4 is 11.7 Å². The van der Waals surface area contributed by atoms with Crippen molar-refractivity contribution in [2.45, 2.75) is 25.8 Å². The van der Waals surface area contributed by atoms with Gasteiger partial charge in [-0.05, 0) is 6.42 Å². The van der Waals surface area contributed by atoms with Crippen LogP contribution in [-0.4, -0.2) is 44.7 Å². The van der Waals surface area contributed by atoms with Crippen LogP contribution in [0.5, 0.6) is 0 Å². The van der Waals surface area contributed by atoms with Gasteiger partial charge >= 0.3 is 0 Å². The maximum absolute atomic E-state index is 11.3. The molecular weight excluding hydrogens is 196 g/mol. The van der Waals surface area contributed by atoms with Crippen LogP contribution in [0.2, 0.25) is 0 Å². The van der Waals surface area contributed by atoms with Crippen LogP contribution < -0.4 is 5.32 Å². The number of amidine groups is 1. The Morgan fingerprint density at radius 2 is 2.20 bits per heavy atom. The Balaban J connectivity index is 2.14. The second-order valence-corrected chi connectivity index (χ2v) is 3.34. The summed E-state index contributed by atoms with van der Waals surface area (Å²) in [6, 6.07) is -0.195. The quantitative estimate of drug-likeness (QED) is 0.622. The van der Waals surface area contributed by atoms with Gasteiger partial charge in [0.15, 0.2) is 0 Å². The summed E-state index contributed by atoms with van der Waals surface area (Å²) in [5.41, 5.74) is 0. The molecule has 1 atom stereocenters. The Morgan fingerprint density at radius 3 is 2.80 bits per heavy atom. The van der Waals surface area contributed by atoms with Crippen LogP contribution in [0.4, 0.5) is 0 Å². The van der Waals surface area contributed by atoms with E-state index in [4.69, 9.17) is 9.47 Å². The summed E-state index contributed by atoms with van der Waals surface area (Å²) in [5.74, 6) is 0.744. The van der Waals surface area contributed by atoms with E-state index < -0.39 is 0 Å². The van der Waals surface area contributed by atoms with Crippen LogP contribution in [0.1, 0.15) is 19.8 Å². The number of rotatable bonds is 7. The van der Waals surface area contributed by atoms with Gasteiger partial charge in [0.05, 0.1) is 19.8 Å². The molecule has 0 bridgehead atoms. The van der Waals surface area contributed by atoms with Gasteiger partial charge in [0.2, 0.25) is 5.91 Å². The zero-order valence-electron chi connectivity index (χ0n) is 9.28. The number of nitrogens with zero attached hydrogens (tertiary/aromatic N) is 1. The van der Waals surface area contributed by atoms with Gasteiger partial charge in [-0.3, -0.25) is 9.79 Å². The van der Waals surface area contributed by atoms with Crippen LogP contribution in [0.25, 0.3) is 0 Å². The van der Waals surface area contributed by atoms with Gasteiger partial charge in [0, 0.05) is 13.5 Å². The van der Waals surface area contributed by atoms with Crippen molar-refractivity contribution in [3.63, 3.8) is 0 Å². The third-order valence-electron chi connectivity index (χ3n) is 2.18. The molecule has 1 unspecified atom stereocenters. The summed E-state index contributed by atoms with van der Waals surface area (Å²) in [6.07, 6.45) is 1.41. The summed E-state index contributed by atoms with van der Waals surface area (Å²) >= 11 is 0. The molecule has 1 N–H and O–H groups in total. The number of hydrogen-bond donors (Lipinski definition) is 1. The first-order chi connectivity index (χ1) is 7.27. The summed E-state index contributed by atoms with van der Waals surface area (Å²) in [5, 5.41) is 2.75. The smallest absolute Gasteiger partial charge is 0.250 e. The van der Waals surface area contributed by atoms with E-state index in [2.05, 4.69) is 10.3 Å². The lowest BCUT2D eigenvalue weighted by atomic mass is 10.2. The number of ether oxygens (including phenoxy) is 2. The molecule has 1 aliphatic rings. The Hall–Kier alpha value is -0.940. The van der Waals surface area contributed by atoms with Crippen LogP contribution in [0.15, 0.2) is 4.99 Å². The number of aliphatic imine (C=N–C) groups is 1. The molecule has 0 aromatic heterocycles. The Labute approximate surface area is 89.9 Å². The molecule has 1 rings (SSSR count). The summed E-state index contributed by atoms with van der Waals surface area (Å²) in [7, 11) is 1.64. The van der Waals surface area contributed by atoms with E-state index in [1.807, 2.05) is 6.92 Å². The lowest BCUT2D eigenvalue weighted by Crippen LogP contribution is -2.29. The molecule has 0 aliphatic carbocycles. The zero-order chi connectivity index (χ0) is 11.1. The maximum Gasteiger partial charge on any atom is 0.250 e. The molecule has 0 aromatic carbocycles. The number of methoxy groups -OCH3 is 1. The highest BCUT2D eigenvalue weighted by Crippen LogP contribution is 2.05. The molecule has 0 saturated heterocycles. The number of carbonyl (C=O) groups is 1. The summed E-state index contributed by atoms with van der Waals surface area (Å²) in [6.45, 7) is 3.69. The molecule has 86 valence electrons. The van der Waals surface area contributed by atoms with E-state index in [-0.39, 0.29) is 11.9 Å². The fraction of sp³-hybridized carbons (Fsp3) is 0.800.